The molecular weight excluding hydrogens is 390 g/mol. The van der Waals surface area contributed by atoms with E-state index < -0.39 is 5.63 Å². The molecule has 4 aromatic rings. The highest BCUT2D eigenvalue weighted by Crippen LogP contribution is 2.22. The SMILES string of the molecule is Cc1cc(=O)oc2cc(OCC(=O)NC(Cc3ccccc3)c3ccccc3)ccc12. The first-order chi connectivity index (χ1) is 15.1. The van der Waals surface area contributed by atoms with Crippen LogP contribution in [0.4, 0.5) is 0 Å². The molecule has 4 rings (SSSR count). The molecule has 0 radical (unpaired) electrons. The maximum Gasteiger partial charge on any atom is 0.336 e. The Morgan fingerprint density at radius 3 is 2.42 bits per heavy atom. The molecule has 0 aliphatic heterocycles. The van der Waals surface area contributed by atoms with Crippen LogP contribution in [0.5, 0.6) is 5.75 Å². The number of rotatable bonds is 7. The van der Waals surface area contributed by atoms with Gasteiger partial charge in [-0.25, -0.2) is 4.79 Å². The Balaban J connectivity index is 1.45. The minimum atomic E-state index is -0.411. The third-order valence-electron chi connectivity index (χ3n) is 5.11. The summed E-state index contributed by atoms with van der Waals surface area (Å²) in [6.45, 7) is 1.71. The molecule has 1 aromatic heterocycles. The van der Waals surface area contributed by atoms with Gasteiger partial charge in [0.1, 0.15) is 11.3 Å². The van der Waals surface area contributed by atoms with Gasteiger partial charge in [0.15, 0.2) is 6.61 Å². The van der Waals surface area contributed by atoms with Crippen molar-refractivity contribution in [2.24, 2.45) is 0 Å². The van der Waals surface area contributed by atoms with E-state index in [9.17, 15) is 9.59 Å². The number of ether oxygens (including phenoxy) is 1. The predicted molar refractivity (Wildman–Crippen MR) is 120 cm³/mol. The molecule has 0 aliphatic carbocycles. The fraction of sp³-hybridized carbons (Fsp3) is 0.154. The van der Waals surface area contributed by atoms with Crippen LogP contribution in [0.15, 0.2) is 94.1 Å². The van der Waals surface area contributed by atoms with Crippen LogP contribution in [-0.2, 0) is 11.2 Å². The van der Waals surface area contributed by atoms with Gasteiger partial charge in [-0.15, -0.1) is 0 Å². The van der Waals surface area contributed by atoms with Gasteiger partial charge in [-0.1, -0.05) is 60.7 Å². The van der Waals surface area contributed by atoms with E-state index in [1.807, 2.05) is 73.7 Å². The molecule has 31 heavy (non-hydrogen) atoms. The Bertz CT molecular complexity index is 1230. The van der Waals surface area contributed by atoms with Crippen LogP contribution in [0, 0.1) is 6.92 Å². The quantitative estimate of drug-likeness (QED) is 0.450. The summed E-state index contributed by atoms with van der Waals surface area (Å²) in [6.07, 6.45) is 0.678. The Morgan fingerprint density at radius 2 is 1.68 bits per heavy atom. The van der Waals surface area contributed by atoms with E-state index in [0.717, 1.165) is 22.1 Å². The molecule has 0 saturated carbocycles. The normalized spacial score (nSPS) is 11.8. The third-order valence-corrected chi connectivity index (χ3v) is 5.11. The van der Waals surface area contributed by atoms with Crippen molar-refractivity contribution in [1.82, 2.24) is 5.32 Å². The molecule has 1 amide bonds. The first-order valence-electron chi connectivity index (χ1n) is 10.1. The molecule has 5 heteroatoms. The van der Waals surface area contributed by atoms with Crippen LogP contribution in [-0.4, -0.2) is 12.5 Å². The predicted octanol–water partition coefficient (Wildman–Crippen LogP) is 4.58. The molecule has 0 bridgehead atoms. The molecule has 5 nitrogen and oxygen atoms in total. The molecular formula is C26H23NO4. The Labute approximate surface area is 180 Å². The average Bonchev–Trinajstić information content (AvgIpc) is 2.78. The van der Waals surface area contributed by atoms with Crippen molar-refractivity contribution in [3.8, 4) is 5.75 Å². The number of aryl methyl sites for hydroxylation is 1. The molecule has 1 atom stereocenters. The third kappa shape index (κ3) is 5.20. The highest BCUT2D eigenvalue weighted by Gasteiger charge is 2.16. The van der Waals surface area contributed by atoms with Gasteiger partial charge in [0.25, 0.3) is 5.91 Å². The van der Waals surface area contributed by atoms with Crippen LogP contribution in [0.25, 0.3) is 11.0 Å². The fourth-order valence-electron chi connectivity index (χ4n) is 3.57. The zero-order valence-corrected chi connectivity index (χ0v) is 17.2. The van der Waals surface area contributed by atoms with E-state index in [1.54, 1.807) is 12.1 Å². The molecule has 1 N–H and O–H groups in total. The second-order valence-electron chi connectivity index (χ2n) is 7.42. The first kappa shape index (κ1) is 20.4. The molecule has 0 spiro atoms. The van der Waals surface area contributed by atoms with E-state index >= 15 is 0 Å². The minimum Gasteiger partial charge on any atom is -0.484 e. The van der Waals surface area contributed by atoms with Gasteiger partial charge in [0.2, 0.25) is 0 Å². The Kier molecular flexibility index (Phi) is 6.13. The minimum absolute atomic E-state index is 0.139. The summed E-state index contributed by atoms with van der Waals surface area (Å²) in [7, 11) is 0. The van der Waals surface area contributed by atoms with E-state index in [0.29, 0.717) is 17.8 Å². The molecule has 0 saturated heterocycles. The summed E-state index contributed by atoms with van der Waals surface area (Å²) >= 11 is 0. The van der Waals surface area contributed by atoms with E-state index in [1.165, 1.54) is 6.07 Å². The monoisotopic (exact) mass is 413 g/mol. The summed E-state index contributed by atoms with van der Waals surface area (Å²) in [6, 6.07) is 26.4. The smallest absolute Gasteiger partial charge is 0.336 e. The lowest BCUT2D eigenvalue weighted by atomic mass is 9.99. The second kappa shape index (κ2) is 9.30. The van der Waals surface area contributed by atoms with Crippen LogP contribution in [0.1, 0.15) is 22.7 Å². The van der Waals surface area contributed by atoms with Crippen LogP contribution in [0.2, 0.25) is 0 Å². The van der Waals surface area contributed by atoms with Gasteiger partial charge in [0, 0.05) is 17.5 Å². The largest absolute Gasteiger partial charge is 0.484 e. The van der Waals surface area contributed by atoms with E-state index in [2.05, 4.69) is 5.32 Å². The molecule has 1 unspecified atom stereocenters. The summed E-state index contributed by atoms with van der Waals surface area (Å²) in [4.78, 5) is 24.3. The van der Waals surface area contributed by atoms with Crippen molar-refractivity contribution in [3.05, 3.63) is 112 Å². The summed E-state index contributed by atoms with van der Waals surface area (Å²) in [5.41, 5.74) is 3.03. The summed E-state index contributed by atoms with van der Waals surface area (Å²) in [5.74, 6) is 0.242. The van der Waals surface area contributed by atoms with Crippen LogP contribution in [0.3, 0.4) is 0 Å². The number of hydrogen-bond acceptors (Lipinski definition) is 4. The topological polar surface area (TPSA) is 68.5 Å². The van der Waals surface area contributed by atoms with Gasteiger partial charge in [-0.05, 0) is 42.2 Å². The molecule has 156 valence electrons. The number of nitrogens with one attached hydrogen (secondary N) is 1. The lowest BCUT2D eigenvalue weighted by Crippen LogP contribution is -2.33. The summed E-state index contributed by atoms with van der Waals surface area (Å²) in [5, 5.41) is 3.91. The van der Waals surface area contributed by atoms with E-state index in [4.69, 9.17) is 9.15 Å². The molecule has 0 fully saturated rings. The maximum absolute atomic E-state index is 12.7. The zero-order valence-electron chi connectivity index (χ0n) is 17.2. The van der Waals surface area contributed by atoms with Crippen LogP contribution < -0.4 is 15.7 Å². The van der Waals surface area contributed by atoms with Gasteiger partial charge in [0.05, 0.1) is 6.04 Å². The van der Waals surface area contributed by atoms with Crippen molar-refractivity contribution in [2.75, 3.05) is 6.61 Å². The number of fused-ring (bicyclic) bond motifs is 1. The number of hydrogen-bond donors (Lipinski definition) is 1. The van der Waals surface area contributed by atoms with Crippen molar-refractivity contribution >= 4 is 16.9 Å². The summed E-state index contributed by atoms with van der Waals surface area (Å²) < 4.78 is 10.9. The second-order valence-corrected chi connectivity index (χ2v) is 7.42. The van der Waals surface area contributed by atoms with Crippen molar-refractivity contribution in [1.29, 1.82) is 0 Å². The Hall–Kier alpha value is -3.86. The maximum atomic E-state index is 12.7. The van der Waals surface area contributed by atoms with Crippen molar-refractivity contribution in [3.63, 3.8) is 0 Å². The lowest BCUT2D eigenvalue weighted by Gasteiger charge is -2.20. The number of carbonyl (C=O) groups excluding carboxylic acids is 1. The van der Waals surface area contributed by atoms with Crippen molar-refractivity contribution < 1.29 is 13.9 Å². The number of amides is 1. The first-order valence-corrected chi connectivity index (χ1v) is 10.1. The average molecular weight is 413 g/mol. The van der Waals surface area contributed by atoms with Gasteiger partial charge in [-0.3, -0.25) is 4.79 Å². The fourth-order valence-corrected chi connectivity index (χ4v) is 3.57. The van der Waals surface area contributed by atoms with E-state index in [-0.39, 0.29) is 18.6 Å². The van der Waals surface area contributed by atoms with Crippen molar-refractivity contribution in [2.45, 2.75) is 19.4 Å². The van der Waals surface area contributed by atoms with Gasteiger partial charge in [-0.2, -0.15) is 0 Å². The highest BCUT2D eigenvalue weighted by molar-refractivity contribution is 5.82. The van der Waals surface area contributed by atoms with Crippen LogP contribution >= 0.6 is 0 Å². The molecule has 1 heterocycles. The standard InChI is InChI=1S/C26H23NO4/c1-18-14-26(29)31-24-16-21(12-13-22(18)24)30-17-25(28)27-23(20-10-6-3-7-11-20)15-19-8-4-2-5-9-19/h2-14,16,23H,15,17H2,1H3,(H,27,28). The van der Waals surface area contributed by atoms with Gasteiger partial charge >= 0.3 is 5.63 Å². The zero-order chi connectivity index (χ0) is 21.6. The Morgan fingerprint density at radius 1 is 0.968 bits per heavy atom. The number of benzene rings is 3. The van der Waals surface area contributed by atoms with Gasteiger partial charge < -0.3 is 14.5 Å². The number of carbonyl (C=O) groups is 1. The molecule has 3 aromatic carbocycles. The highest BCUT2D eigenvalue weighted by atomic mass is 16.5. The lowest BCUT2D eigenvalue weighted by molar-refractivity contribution is -0.123. The molecule has 0 aliphatic rings.